The number of allylic oxidation sites excluding steroid dienone is 1. The summed E-state index contributed by atoms with van der Waals surface area (Å²) in [6.45, 7) is 6.29. The van der Waals surface area contributed by atoms with Gasteiger partial charge in [0.2, 0.25) is 0 Å². The molecule has 1 rings (SSSR count). The molecule has 1 aromatic carbocycles. The third-order valence-corrected chi connectivity index (χ3v) is 2.84. The van der Waals surface area contributed by atoms with Gasteiger partial charge in [0.15, 0.2) is 0 Å². The van der Waals surface area contributed by atoms with E-state index in [0.29, 0.717) is 5.92 Å². The summed E-state index contributed by atoms with van der Waals surface area (Å²) in [5, 5.41) is 7.56. The highest BCUT2D eigenvalue weighted by atomic mass is 16.5. The van der Waals surface area contributed by atoms with Gasteiger partial charge in [-0.05, 0) is 17.9 Å². The van der Waals surface area contributed by atoms with Crippen molar-refractivity contribution in [3.8, 4) is 5.75 Å². The fourth-order valence-corrected chi connectivity index (χ4v) is 1.89. The lowest BCUT2D eigenvalue weighted by Gasteiger charge is -2.15. The van der Waals surface area contributed by atoms with E-state index in [9.17, 15) is 0 Å². The Bertz CT molecular complexity index is 488. The van der Waals surface area contributed by atoms with Crippen LogP contribution in [-0.2, 0) is 0 Å². The van der Waals surface area contributed by atoms with E-state index in [0.717, 1.165) is 28.9 Å². The van der Waals surface area contributed by atoms with E-state index < -0.39 is 0 Å². The summed E-state index contributed by atoms with van der Waals surface area (Å²) in [6.07, 6.45) is 5.72. The Morgan fingerprint density at radius 1 is 1.42 bits per heavy atom. The van der Waals surface area contributed by atoms with Crippen LogP contribution in [0.5, 0.6) is 5.75 Å². The van der Waals surface area contributed by atoms with E-state index in [2.05, 4.69) is 24.9 Å². The van der Waals surface area contributed by atoms with Crippen LogP contribution in [0.4, 0.5) is 0 Å². The second kappa shape index (κ2) is 7.52. The molecule has 3 heteroatoms. The van der Waals surface area contributed by atoms with E-state index in [4.69, 9.17) is 10.1 Å². The number of nitrogens with zero attached hydrogens (tertiary/aromatic N) is 1. The average Bonchev–Trinajstić information content (AvgIpc) is 2.42. The molecule has 3 nitrogen and oxygen atoms in total. The molecule has 0 heterocycles. The van der Waals surface area contributed by atoms with Crippen LogP contribution in [0.25, 0.3) is 5.57 Å². The summed E-state index contributed by atoms with van der Waals surface area (Å²) >= 11 is 0. The highest BCUT2D eigenvalue weighted by Gasteiger charge is 2.13. The van der Waals surface area contributed by atoms with E-state index in [-0.39, 0.29) is 0 Å². The highest BCUT2D eigenvalue weighted by Crippen LogP contribution is 2.33. The predicted octanol–water partition coefficient (Wildman–Crippen LogP) is 4.29. The molecular formula is C16H22N2O. The lowest BCUT2D eigenvalue weighted by atomic mass is 9.96. The SMILES string of the molecule is CC/C=N\C=C(/C=N)c1cccc(C(C)C)c1OC. The van der Waals surface area contributed by atoms with Crippen LogP contribution in [0.3, 0.4) is 0 Å². The first-order chi connectivity index (χ1) is 9.15. The van der Waals surface area contributed by atoms with Gasteiger partial charge in [0, 0.05) is 29.8 Å². The van der Waals surface area contributed by atoms with Crippen molar-refractivity contribution in [2.24, 2.45) is 4.99 Å². The van der Waals surface area contributed by atoms with Crippen LogP contribution < -0.4 is 4.74 Å². The third-order valence-electron chi connectivity index (χ3n) is 2.84. The van der Waals surface area contributed by atoms with Gasteiger partial charge in [-0.25, -0.2) is 0 Å². The Morgan fingerprint density at radius 3 is 2.68 bits per heavy atom. The monoisotopic (exact) mass is 258 g/mol. The van der Waals surface area contributed by atoms with Crippen molar-refractivity contribution < 1.29 is 4.74 Å². The van der Waals surface area contributed by atoms with E-state index in [1.807, 2.05) is 25.3 Å². The Morgan fingerprint density at radius 2 is 2.16 bits per heavy atom. The minimum Gasteiger partial charge on any atom is -0.496 e. The second-order valence-corrected chi connectivity index (χ2v) is 4.55. The molecule has 1 aromatic rings. The number of nitrogens with one attached hydrogen (secondary N) is 1. The molecule has 0 atom stereocenters. The Balaban J connectivity index is 3.31. The van der Waals surface area contributed by atoms with Crippen molar-refractivity contribution in [2.45, 2.75) is 33.1 Å². The topological polar surface area (TPSA) is 45.4 Å². The lowest BCUT2D eigenvalue weighted by Crippen LogP contribution is -1.99. The molecule has 0 spiro atoms. The quantitative estimate of drug-likeness (QED) is 0.760. The van der Waals surface area contributed by atoms with Crippen LogP contribution in [-0.4, -0.2) is 19.5 Å². The van der Waals surface area contributed by atoms with Crippen LogP contribution in [0, 0.1) is 5.41 Å². The number of benzene rings is 1. The molecule has 102 valence electrons. The van der Waals surface area contributed by atoms with Gasteiger partial charge in [0.05, 0.1) is 7.11 Å². The first-order valence-electron chi connectivity index (χ1n) is 6.55. The van der Waals surface area contributed by atoms with Crippen LogP contribution in [0.15, 0.2) is 29.4 Å². The fourth-order valence-electron chi connectivity index (χ4n) is 1.89. The molecule has 0 fully saturated rings. The maximum Gasteiger partial charge on any atom is 0.130 e. The molecule has 0 aliphatic heterocycles. The van der Waals surface area contributed by atoms with Crippen molar-refractivity contribution in [3.63, 3.8) is 0 Å². The van der Waals surface area contributed by atoms with E-state index in [1.165, 1.54) is 6.21 Å². The van der Waals surface area contributed by atoms with Crippen LogP contribution in [0.2, 0.25) is 0 Å². The number of aliphatic imine (C=N–C) groups is 1. The number of rotatable bonds is 6. The Hall–Kier alpha value is -1.90. The molecule has 19 heavy (non-hydrogen) atoms. The smallest absolute Gasteiger partial charge is 0.130 e. The summed E-state index contributed by atoms with van der Waals surface area (Å²) in [5.41, 5.74) is 2.81. The van der Waals surface area contributed by atoms with Gasteiger partial charge in [-0.2, -0.15) is 0 Å². The zero-order chi connectivity index (χ0) is 14.3. The number of hydrogen-bond donors (Lipinski definition) is 1. The van der Waals surface area contributed by atoms with Gasteiger partial charge in [0.1, 0.15) is 5.75 Å². The number of ether oxygens (including phenoxy) is 1. The molecule has 0 saturated carbocycles. The standard InChI is InChI=1S/C16H22N2O/c1-5-9-18-11-13(10-17)15-8-6-7-14(12(2)3)16(15)19-4/h6-12,17H,5H2,1-4H3/b13-11+,17-10?,18-9-. The zero-order valence-corrected chi connectivity index (χ0v) is 12.1. The van der Waals surface area contributed by atoms with Crippen molar-refractivity contribution in [1.82, 2.24) is 0 Å². The predicted molar refractivity (Wildman–Crippen MR) is 82.6 cm³/mol. The van der Waals surface area contributed by atoms with Gasteiger partial charge in [0.25, 0.3) is 0 Å². The summed E-state index contributed by atoms with van der Waals surface area (Å²) in [5.74, 6) is 1.21. The van der Waals surface area contributed by atoms with Crippen LogP contribution in [0.1, 0.15) is 44.2 Å². The van der Waals surface area contributed by atoms with Gasteiger partial charge >= 0.3 is 0 Å². The van der Waals surface area contributed by atoms with Crippen molar-refractivity contribution in [2.75, 3.05) is 7.11 Å². The molecule has 0 aliphatic rings. The lowest BCUT2D eigenvalue weighted by molar-refractivity contribution is 0.406. The molecule has 0 aromatic heterocycles. The molecule has 0 radical (unpaired) electrons. The normalized spacial score (nSPS) is 12.2. The van der Waals surface area contributed by atoms with Crippen molar-refractivity contribution in [1.29, 1.82) is 5.41 Å². The Labute approximate surface area is 115 Å². The average molecular weight is 258 g/mol. The third kappa shape index (κ3) is 3.78. The second-order valence-electron chi connectivity index (χ2n) is 4.55. The van der Waals surface area contributed by atoms with Crippen molar-refractivity contribution >= 4 is 18.0 Å². The Kier molecular flexibility index (Phi) is 6.00. The number of para-hydroxylation sites is 1. The zero-order valence-electron chi connectivity index (χ0n) is 12.1. The fraction of sp³-hybridized carbons (Fsp3) is 0.375. The maximum absolute atomic E-state index is 7.56. The molecule has 0 saturated heterocycles. The number of hydrogen-bond acceptors (Lipinski definition) is 3. The van der Waals surface area contributed by atoms with Gasteiger partial charge in [-0.3, -0.25) is 4.99 Å². The molecule has 0 amide bonds. The molecule has 1 N–H and O–H groups in total. The van der Waals surface area contributed by atoms with Crippen molar-refractivity contribution in [3.05, 3.63) is 35.5 Å². The number of methoxy groups -OCH3 is 1. The summed E-state index contributed by atoms with van der Waals surface area (Å²) in [7, 11) is 1.67. The first kappa shape index (κ1) is 15.2. The summed E-state index contributed by atoms with van der Waals surface area (Å²) < 4.78 is 5.53. The maximum atomic E-state index is 7.56. The van der Waals surface area contributed by atoms with Gasteiger partial charge in [-0.15, -0.1) is 0 Å². The molecule has 0 bridgehead atoms. The minimum absolute atomic E-state index is 0.376. The summed E-state index contributed by atoms with van der Waals surface area (Å²) in [4.78, 5) is 4.19. The summed E-state index contributed by atoms with van der Waals surface area (Å²) in [6, 6.07) is 6.01. The van der Waals surface area contributed by atoms with Gasteiger partial charge in [-0.1, -0.05) is 39.0 Å². The minimum atomic E-state index is 0.376. The molecule has 0 unspecified atom stereocenters. The molecule has 0 aliphatic carbocycles. The van der Waals surface area contributed by atoms with E-state index >= 15 is 0 Å². The highest BCUT2D eigenvalue weighted by molar-refractivity contribution is 6.09. The van der Waals surface area contributed by atoms with Gasteiger partial charge < -0.3 is 10.1 Å². The van der Waals surface area contributed by atoms with E-state index in [1.54, 1.807) is 13.3 Å². The van der Waals surface area contributed by atoms with Crippen LogP contribution >= 0.6 is 0 Å². The molecular weight excluding hydrogens is 236 g/mol. The largest absolute Gasteiger partial charge is 0.496 e. The first-order valence-corrected chi connectivity index (χ1v) is 6.55.